The Hall–Kier alpha value is -8.08. The number of nitrogens with zero attached hydrogens (tertiary/aromatic N) is 4. The summed E-state index contributed by atoms with van der Waals surface area (Å²) in [5, 5.41) is 7.25. The molecule has 0 radical (unpaired) electrons. The van der Waals surface area contributed by atoms with Gasteiger partial charge in [0.05, 0.1) is 33.5 Å². The van der Waals surface area contributed by atoms with Crippen molar-refractivity contribution in [1.82, 2.24) is 19.1 Å². The summed E-state index contributed by atoms with van der Waals surface area (Å²) < 4.78 is 4.91. The first kappa shape index (κ1) is 34.0. The van der Waals surface area contributed by atoms with Gasteiger partial charge in [0.2, 0.25) is 0 Å². The van der Waals surface area contributed by atoms with Gasteiger partial charge in [-0.25, -0.2) is 9.97 Å². The van der Waals surface area contributed by atoms with Crippen molar-refractivity contribution >= 4 is 54.4 Å². The van der Waals surface area contributed by atoms with Crippen molar-refractivity contribution in [3.63, 3.8) is 0 Å². The largest absolute Gasteiger partial charge is 0.309 e. The lowest BCUT2D eigenvalue weighted by atomic mass is 10.0. The van der Waals surface area contributed by atoms with Crippen molar-refractivity contribution in [2.24, 2.45) is 0 Å². The summed E-state index contributed by atoms with van der Waals surface area (Å²) in [7, 11) is 0. The van der Waals surface area contributed by atoms with Crippen molar-refractivity contribution in [3.05, 3.63) is 218 Å². The van der Waals surface area contributed by atoms with Crippen LogP contribution in [0.4, 0.5) is 0 Å². The van der Waals surface area contributed by atoms with Gasteiger partial charge in [0, 0.05) is 49.6 Å². The molecule has 0 aliphatic rings. The van der Waals surface area contributed by atoms with Crippen LogP contribution in [0.2, 0.25) is 0 Å². The van der Waals surface area contributed by atoms with Crippen LogP contribution < -0.4 is 0 Å². The van der Waals surface area contributed by atoms with E-state index in [0.717, 1.165) is 44.8 Å². The fraction of sp³-hybridized carbons (Fsp3) is 0. The van der Waals surface area contributed by atoms with Crippen LogP contribution in [0.25, 0.3) is 111 Å². The van der Waals surface area contributed by atoms with E-state index in [1.54, 1.807) is 0 Å². The number of aromatic nitrogens is 4. The SMILES string of the molecule is c1ccc(-c2cccc(-n3c4ccccc4c4ccc5c(c6ccccc6n5-c5ccc6ccc(-c7cc(-c8ccccc8)nc(-c8ccccc8)n7)cc6c5)c43)c2)cc1. The third-order valence-electron chi connectivity index (χ3n) is 11.9. The molecule has 3 aromatic heterocycles. The Bertz CT molecular complexity index is 3530. The molecule has 0 aliphatic heterocycles. The van der Waals surface area contributed by atoms with Gasteiger partial charge in [-0.1, -0.05) is 164 Å². The molecule has 60 heavy (non-hydrogen) atoms. The molecular weight excluding hydrogens is 729 g/mol. The fourth-order valence-electron chi connectivity index (χ4n) is 9.11. The number of hydrogen-bond acceptors (Lipinski definition) is 2. The van der Waals surface area contributed by atoms with Gasteiger partial charge in [0.25, 0.3) is 0 Å². The standard InChI is InChI=1S/C56H36N4/c1-4-15-37(16-5-1)41-21-14-22-44(34-41)60-51-25-12-10-23-46(51)47-31-32-53-54(55(47)60)48-24-11-13-26-52(48)59(53)45-30-29-38-27-28-42(33-43(38)35-45)50-36-49(39-17-6-2-7-18-39)57-56(58-50)40-19-8-3-9-20-40/h1-36H. The van der Waals surface area contributed by atoms with Crippen LogP contribution in [0.15, 0.2) is 218 Å². The second-order valence-electron chi connectivity index (χ2n) is 15.4. The molecule has 0 spiro atoms. The highest BCUT2D eigenvalue weighted by Gasteiger charge is 2.21. The summed E-state index contributed by atoms with van der Waals surface area (Å²) in [4.78, 5) is 10.2. The van der Waals surface area contributed by atoms with Crippen LogP contribution in [0.5, 0.6) is 0 Å². The van der Waals surface area contributed by atoms with Crippen molar-refractivity contribution < 1.29 is 0 Å². The lowest BCUT2D eigenvalue weighted by Crippen LogP contribution is -1.96. The molecule has 3 heterocycles. The highest BCUT2D eigenvalue weighted by molar-refractivity contribution is 6.26. The second-order valence-corrected chi connectivity index (χ2v) is 15.4. The van der Waals surface area contributed by atoms with Gasteiger partial charge in [-0.2, -0.15) is 0 Å². The summed E-state index contributed by atoms with van der Waals surface area (Å²) in [6, 6.07) is 78.0. The Morgan fingerprint density at radius 3 is 1.67 bits per heavy atom. The zero-order valence-electron chi connectivity index (χ0n) is 32.6. The van der Waals surface area contributed by atoms with Gasteiger partial charge in [-0.3, -0.25) is 0 Å². The third-order valence-corrected chi connectivity index (χ3v) is 11.9. The van der Waals surface area contributed by atoms with Gasteiger partial charge in [-0.05, 0) is 76.5 Å². The maximum atomic E-state index is 5.14. The Balaban J connectivity index is 1.06. The Morgan fingerprint density at radius 1 is 0.300 bits per heavy atom. The molecule has 0 unspecified atom stereocenters. The average molecular weight is 765 g/mol. The first-order valence-corrected chi connectivity index (χ1v) is 20.4. The highest BCUT2D eigenvalue weighted by atomic mass is 15.0. The average Bonchev–Trinajstić information content (AvgIpc) is 3.85. The molecular formula is C56H36N4. The van der Waals surface area contributed by atoms with Crippen molar-refractivity contribution in [2.45, 2.75) is 0 Å². The molecule has 12 aromatic rings. The van der Waals surface area contributed by atoms with Crippen LogP contribution >= 0.6 is 0 Å². The van der Waals surface area contributed by atoms with E-state index in [1.165, 1.54) is 60.1 Å². The Morgan fingerprint density at radius 2 is 0.900 bits per heavy atom. The molecule has 4 nitrogen and oxygen atoms in total. The van der Waals surface area contributed by atoms with Gasteiger partial charge in [0.1, 0.15) is 0 Å². The number of para-hydroxylation sites is 2. The maximum Gasteiger partial charge on any atom is 0.160 e. The van der Waals surface area contributed by atoms with E-state index in [2.05, 4.69) is 203 Å². The van der Waals surface area contributed by atoms with Gasteiger partial charge in [-0.15, -0.1) is 0 Å². The molecule has 0 amide bonds. The predicted molar refractivity (Wildman–Crippen MR) is 250 cm³/mol. The quantitative estimate of drug-likeness (QED) is 0.169. The molecule has 0 saturated carbocycles. The van der Waals surface area contributed by atoms with Gasteiger partial charge in [0.15, 0.2) is 5.82 Å². The van der Waals surface area contributed by atoms with Crippen LogP contribution in [-0.4, -0.2) is 19.1 Å². The molecule has 280 valence electrons. The van der Waals surface area contributed by atoms with Gasteiger partial charge >= 0.3 is 0 Å². The monoisotopic (exact) mass is 764 g/mol. The lowest BCUT2D eigenvalue weighted by Gasteiger charge is -2.12. The molecule has 0 atom stereocenters. The fourth-order valence-corrected chi connectivity index (χ4v) is 9.11. The Kier molecular flexibility index (Phi) is 7.82. The molecule has 4 heteroatoms. The zero-order chi connectivity index (χ0) is 39.6. The van der Waals surface area contributed by atoms with Crippen molar-refractivity contribution in [2.75, 3.05) is 0 Å². The minimum Gasteiger partial charge on any atom is -0.309 e. The summed E-state index contributed by atoms with van der Waals surface area (Å²) >= 11 is 0. The molecule has 9 aromatic carbocycles. The molecule has 0 saturated heterocycles. The van der Waals surface area contributed by atoms with Crippen LogP contribution in [0.1, 0.15) is 0 Å². The summed E-state index contributed by atoms with van der Waals surface area (Å²) in [6.45, 7) is 0. The molecule has 0 N–H and O–H groups in total. The molecule has 0 bridgehead atoms. The zero-order valence-corrected chi connectivity index (χ0v) is 32.6. The van der Waals surface area contributed by atoms with E-state index in [-0.39, 0.29) is 0 Å². The van der Waals surface area contributed by atoms with Crippen LogP contribution in [-0.2, 0) is 0 Å². The van der Waals surface area contributed by atoms with E-state index in [0.29, 0.717) is 5.82 Å². The highest BCUT2D eigenvalue weighted by Crippen LogP contribution is 2.43. The van der Waals surface area contributed by atoms with Gasteiger partial charge < -0.3 is 9.13 Å². The van der Waals surface area contributed by atoms with Crippen molar-refractivity contribution in [1.29, 1.82) is 0 Å². The lowest BCUT2D eigenvalue weighted by molar-refractivity contribution is 1.18. The third kappa shape index (κ3) is 5.53. The smallest absolute Gasteiger partial charge is 0.160 e. The van der Waals surface area contributed by atoms with Crippen molar-refractivity contribution in [3.8, 4) is 56.4 Å². The maximum absolute atomic E-state index is 5.14. The summed E-state index contributed by atoms with van der Waals surface area (Å²) in [5.74, 6) is 0.710. The van der Waals surface area contributed by atoms with E-state index < -0.39 is 0 Å². The number of hydrogen-bond donors (Lipinski definition) is 0. The second kappa shape index (κ2) is 13.8. The molecule has 0 aliphatic carbocycles. The minimum atomic E-state index is 0.710. The summed E-state index contributed by atoms with van der Waals surface area (Å²) in [5.41, 5.74) is 14.3. The molecule has 0 fully saturated rings. The topological polar surface area (TPSA) is 35.6 Å². The van der Waals surface area contributed by atoms with E-state index in [1.807, 2.05) is 24.3 Å². The molecule has 12 rings (SSSR count). The van der Waals surface area contributed by atoms with E-state index in [4.69, 9.17) is 9.97 Å². The van der Waals surface area contributed by atoms with E-state index >= 15 is 0 Å². The van der Waals surface area contributed by atoms with E-state index in [9.17, 15) is 0 Å². The normalized spacial score (nSPS) is 11.7. The Labute approximate surface area is 346 Å². The van der Waals surface area contributed by atoms with Crippen LogP contribution in [0, 0.1) is 0 Å². The number of rotatable bonds is 6. The first-order valence-electron chi connectivity index (χ1n) is 20.4. The minimum absolute atomic E-state index is 0.710. The number of benzene rings is 9. The predicted octanol–water partition coefficient (Wildman–Crippen LogP) is 14.5. The number of fused-ring (bicyclic) bond motifs is 8. The van der Waals surface area contributed by atoms with Crippen LogP contribution in [0.3, 0.4) is 0 Å². The summed E-state index contributed by atoms with van der Waals surface area (Å²) in [6.07, 6.45) is 0. The first-order chi connectivity index (χ1) is 29.7.